The fourth-order valence-electron chi connectivity index (χ4n) is 2.11. The van der Waals surface area contributed by atoms with E-state index in [0.717, 1.165) is 37.0 Å². The van der Waals surface area contributed by atoms with Crippen LogP contribution in [-0.2, 0) is 0 Å². The van der Waals surface area contributed by atoms with Crippen LogP contribution in [0.2, 0.25) is 0 Å². The molecule has 3 heterocycles. The number of nitrogens with one attached hydrogen (secondary N) is 1. The van der Waals surface area contributed by atoms with Crippen molar-refractivity contribution in [1.82, 2.24) is 10.2 Å². The van der Waals surface area contributed by atoms with E-state index in [2.05, 4.69) is 39.5 Å². The summed E-state index contributed by atoms with van der Waals surface area (Å²) in [5.41, 5.74) is 1.50. The summed E-state index contributed by atoms with van der Waals surface area (Å²) in [6.07, 6.45) is 1.16. The first-order chi connectivity index (χ1) is 8.64. The van der Waals surface area contributed by atoms with Crippen molar-refractivity contribution < 1.29 is 0 Å². The minimum atomic E-state index is 0.124. The summed E-state index contributed by atoms with van der Waals surface area (Å²) in [6, 6.07) is 0. The molecule has 6 heteroatoms. The van der Waals surface area contributed by atoms with Gasteiger partial charge in [-0.05, 0) is 25.7 Å². The van der Waals surface area contributed by atoms with Crippen LogP contribution in [0.25, 0.3) is 0 Å². The lowest BCUT2D eigenvalue weighted by molar-refractivity contribution is 0.491. The normalized spacial score (nSPS) is 25.2. The van der Waals surface area contributed by atoms with Crippen LogP contribution in [-0.4, -0.2) is 46.2 Å². The van der Waals surface area contributed by atoms with Crippen molar-refractivity contribution in [3.05, 3.63) is 11.1 Å². The van der Waals surface area contributed by atoms with Crippen molar-refractivity contribution in [2.24, 2.45) is 9.98 Å². The van der Waals surface area contributed by atoms with Crippen LogP contribution in [0, 0.1) is 0 Å². The molecule has 0 spiro atoms. The third-order valence-corrected chi connectivity index (χ3v) is 4.98. The number of nitrogens with zero attached hydrogens (tertiary/aromatic N) is 3. The van der Waals surface area contributed by atoms with Gasteiger partial charge in [-0.15, -0.1) is 0 Å². The molecule has 4 nitrogen and oxygen atoms in total. The summed E-state index contributed by atoms with van der Waals surface area (Å²) in [7, 11) is 0. The molecule has 3 aliphatic heterocycles. The predicted molar refractivity (Wildman–Crippen MR) is 81.3 cm³/mol. The molecule has 0 atom stereocenters. The SMILES string of the molecule is CC1(C)CN=C(SCC2=CSC3=NCCCN23)N1. The summed E-state index contributed by atoms with van der Waals surface area (Å²) < 4.78 is 0. The summed E-state index contributed by atoms with van der Waals surface area (Å²) in [5.74, 6) is 0.980. The fraction of sp³-hybridized carbons (Fsp3) is 0.667. The Bertz CT molecular complexity index is 439. The second-order valence-corrected chi connectivity index (χ2v) is 7.12. The maximum Gasteiger partial charge on any atom is 0.167 e. The molecule has 0 saturated carbocycles. The van der Waals surface area contributed by atoms with Gasteiger partial charge in [0.1, 0.15) is 0 Å². The Hall–Kier alpha value is -0.620. The minimum absolute atomic E-state index is 0.124. The van der Waals surface area contributed by atoms with Gasteiger partial charge < -0.3 is 10.2 Å². The van der Waals surface area contributed by atoms with Crippen LogP contribution in [0.15, 0.2) is 21.1 Å². The minimum Gasteiger partial charge on any atom is -0.358 e. The lowest BCUT2D eigenvalue weighted by Gasteiger charge is -2.25. The summed E-state index contributed by atoms with van der Waals surface area (Å²) in [4.78, 5) is 11.4. The van der Waals surface area contributed by atoms with Gasteiger partial charge in [-0.2, -0.15) is 0 Å². The van der Waals surface area contributed by atoms with Crippen molar-refractivity contribution in [2.45, 2.75) is 25.8 Å². The summed E-state index contributed by atoms with van der Waals surface area (Å²) in [5, 5.41) is 7.95. The van der Waals surface area contributed by atoms with Crippen molar-refractivity contribution >= 4 is 33.9 Å². The smallest absolute Gasteiger partial charge is 0.167 e. The van der Waals surface area contributed by atoms with Gasteiger partial charge in [0.15, 0.2) is 10.3 Å². The van der Waals surface area contributed by atoms with E-state index < -0.39 is 0 Å². The highest BCUT2D eigenvalue weighted by Gasteiger charge is 2.28. The molecule has 0 fully saturated rings. The lowest BCUT2D eigenvalue weighted by atomic mass is 10.1. The maximum absolute atomic E-state index is 4.54. The number of amidine groups is 2. The Morgan fingerprint density at radius 2 is 2.39 bits per heavy atom. The van der Waals surface area contributed by atoms with Gasteiger partial charge in [0.2, 0.25) is 0 Å². The van der Waals surface area contributed by atoms with Crippen LogP contribution in [0.4, 0.5) is 0 Å². The molecular formula is C12H18N4S2. The van der Waals surface area contributed by atoms with Crippen molar-refractivity contribution in [3.63, 3.8) is 0 Å². The Labute approximate surface area is 116 Å². The van der Waals surface area contributed by atoms with E-state index in [4.69, 9.17) is 0 Å². The van der Waals surface area contributed by atoms with Gasteiger partial charge in [0, 0.05) is 24.5 Å². The van der Waals surface area contributed by atoms with E-state index >= 15 is 0 Å². The quantitative estimate of drug-likeness (QED) is 0.842. The highest BCUT2D eigenvalue weighted by atomic mass is 32.2. The molecule has 0 radical (unpaired) electrons. The fourth-order valence-corrected chi connectivity index (χ4v) is 4.20. The van der Waals surface area contributed by atoms with Gasteiger partial charge in [-0.1, -0.05) is 23.5 Å². The number of rotatable bonds is 2. The van der Waals surface area contributed by atoms with Crippen LogP contribution in [0.3, 0.4) is 0 Å². The van der Waals surface area contributed by atoms with E-state index in [0.29, 0.717) is 0 Å². The summed E-state index contributed by atoms with van der Waals surface area (Å²) >= 11 is 3.56. The topological polar surface area (TPSA) is 40.0 Å². The average molecular weight is 282 g/mol. The zero-order chi connectivity index (χ0) is 12.6. The largest absolute Gasteiger partial charge is 0.358 e. The van der Waals surface area contributed by atoms with Gasteiger partial charge in [-0.3, -0.25) is 9.98 Å². The van der Waals surface area contributed by atoms with Crippen LogP contribution >= 0.6 is 23.5 Å². The molecule has 18 heavy (non-hydrogen) atoms. The van der Waals surface area contributed by atoms with Crippen molar-refractivity contribution in [3.8, 4) is 0 Å². The first-order valence-electron chi connectivity index (χ1n) is 6.27. The number of thioether (sulfide) groups is 2. The summed E-state index contributed by atoms with van der Waals surface area (Å²) in [6.45, 7) is 7.34. The van der Waals surface area contributed by atoms with E-state index in [-0.39, 0.29) is 5.54 Å². The lowest BCUT2D eigenvalue weighted by Crippen LogP contribution is -2.38. The molecule has 0 aromatic heterocycles. The molecule has 3 aliphatic rings. The van der Waals surface area contributed by atoms with Crippen LogP contribution in [0.5, 0.6) is 0 Å². The molecule has 1 N–H and O–H groups in total. The average Bonchev–Trinajstić information content (AvgIpc) is 2.90. The standard InChI is InChI=1S/C12H18N4S2/c1-12(2)8-14-10(15-12)17-6-9-7-18-11-13-4-3-5-16(9)11/h7H,3-6,8H2,1-2H3,(H,14,15). The molecule has 0 saturated heterocycles. The maximum atomic E-state index is 4.54. The number of hydrogen-bond donors (Lipinski definition) is 1. The molecule has 0 aromatic rings. The Morgan fingerprint density at radius 1 is 1.50 bits per heavy atom. The van der Waals surface area contributed by atoms with Gasteiger partial charge in [-0.25, -0.2) is 0 Å². The zero-order valence-electron chi connectivity index (χ0n) is 10.8. The molecule has 98 valence electrons. The monoisotopic (exact) mass is 282 g/mol. The second-order valence-electron chi connectivity index (χ2n) is 5.32. The number of aliphatic imine (C=N–C) groups is 2. The Kier molecular flexibility index (Phi) is 3.32. The first kappa shape index (κ1) is 12.4. The van der Waals surface area contributed by atoms with E-state index in [1.54, 1.807) is 23.5 Å². The second kappa shape index (κ2) is 4.81. The molecule has 3 rings (SSSR count). The van der Waals surface area contributed by atoms with E-state index in [9.17, 15) is 0 Å². The third-order valence-electron chi connectivity index (χ3n) is 3.08. The predicted octanol–water partition coefficient (Wildman–Crippen LogP) is 2.11. The van der Waals surface area contributed by atoms with Gasteiger partial charge >= 0.3 is 0 Å². The molecule has 0 aromatic carbocycles. The van der Waals surface area contributed by atoms with E-state index in [1.807, 2.05) is 0 Å². The van der Waals surface area contributed by atoms with Crippen molar-refractivity contribution in [1.29, 1.82) is 0 Å². The molecule has 0 amide bonds. The highest BCUT2D eigenvalue weighted by Crippen LogP contribution is 2.31. The third kappa shape index (κ3) is 2.54. The Balaban J connectivity index is 1.56. The number of fused-ring (bicyclic) bond motifs is 1. The van der Waals surface area contributed by atoms with Crippen molar-refractivity contribution in [2.75, 3.05) is 25.4 Å². The zero-order valence-corrected chi connectivity index (χ0v) is 12.4. The van der Waals surface area contributed by atoms with Crippen LogP contribution < -0.4 is 5.32 Å². The molecule has 0 aliphatic carbocycles. The van der Waals surface area contributed by atoms with Gasteiger partial charge in [0.05, 0.1) is 12.1 Å². The van der Waals surface area contributed by atoms with Gasteiger partial charge in [0.25, 0.3) is 0 Å². The number of hydrogen-bond acceptors (Lipinski definition) is 6. The molecule has 0 unspecified atom stereocenters. The molecular weight excluding hydrogens is 264 g/mol. The highest BCUT2D eigenvalue weighted by molar-refractivity contribution is 8.17. The van der Waals surface area contributed by atoms with Crippen LogP contribution in [0.1, 0.15) is 20.3 Å². The van der Waals surface area contributed by atoms with E-state index in [1.165, 1.54) is 10.9 Å². The Morgan fingerprint density at radius 3 is 3.17 bits per heavy atom. The first-order valence-corrected chi connectivity index (χ1v) is 8.14. The molecule has 0 bridgehead atoms.